The molecule has 1 amide bonds. The molecule has 3 aromatic rings. The van der Waals surface area contributed by atoms with Gasteiger partial charge >= 0.3 is 17.7 Å². The summed E-state index contributed by atoms with van der Waals surface area (Å²) in [5.74, 6) is -0.586. The molecule has 2 atom stereocenters. The Morgan fingerprint density at radius 2 is 1.84 bits per heavy atom. The molecule has 7 nitrogen and oxygen atoms in total. The maximum absolute atomic E-state index is 12.8. The lowest BCUT2D eigenvalue weighted by molar-refractivity contribution is -0.138. The molecule has 0 bridgehead atoms. The van der Waals surface area contributed by atoms with Gasteiger partial charge in [0.1, 0.15) is 24.0 Å². The zero-order valence-corrected chi connectivity index (χ0v) is 17.7. The fourth-order valence-electron chi connectivity index (χ4n) is 3.11. The van der Waals surface area contributed by atoms with Crippen molar-refractivity contribution in [3.63, 3.8) is 0 Å². The van der Waals surface area contributed by atoms with Gasteiger partial charge in [0.05, 0.1) is 0 Å². The molecule has 0 fully saturated rings. The number of carbonyl (C=O) groups is 2. The standard InChI is InChI=1S/C24H25NO6/c1-4-15(2)22(25-24(28)29-14-17-8-6-5-7-9-17)23(27)30-18-10-11-19-16(3)12-21(26)31-20(19)13-18/h5-13,15,22H,4,14H2,1-3H3,(H,25,28)/t15-,22-/m1/s1. The van der Waals surface area contributed by atoms with Crippen LogP contribution in [0.15, 0.2) is 63.8 Å². The van der Waals surface area contributed by atoms with E-state index in [-0.39, 0.29) is 18.3 Å². The Morgan fingerprint density at radius 1 is 1.10 bits per heavy atom. The minimum absolute atomic E-state index is 0.0952. The fraction of sp³-hybridized carbons (Fsp3) is 0.292. The highest BCUT2D eigenvalue weighted by molar-refractivity contribution is 5.85. The second-order valence-corrected chi connectivity index (χ2v) is 7.40. The van der Waals surface area contributed by atoms with E-state index in [1.165, 1.54) is 12.1 Å². The molecule has 0 unspecified atom stereocenters. The predicted molar refractivity (Wildman–Crippen MR) is 116 cm³/mol. The summed E-state index contributed by atoms with van der Waals surface area (Å²) >= 11 is 0. The molecule has 0 aliphatic heterocycles. The van der Waals surface area contributed by atoms with Crippen molar-refractivity contribution in [3.05, 3.63) is 76.1 Å². The summed E-state index contributed by atoms with van der Waals surface area (Å²) in [4.78, 5) is 36.7. The van der Waals surface area contributed by atoms with E-state index in [2.05, 4.69) is 5.32 Å². The Bertz CT molecular complexity index is 1120. The third kappa shape index (κ3) is 5.72. The first kappa shape index (κ1) is 22.1. The monoisotopic (exact) mass is 423 g/mol. The van der Waals surface area contributed by atoms with Crippen LogP contribution in [0.1, 0.15) is 31.4 Å². The van der Waals surface area contributed by atoms with Crippen molar-refractivity contribution in [2.75, 3.05) is 0 Å². The molecule has 0 saturated heterocycles. The predicted octanol–water partition coefficient (Wildman–Crippen LogP) is 4.35. The number of hydrogen-bond donors (Lipinski definition) is 1. The zero-order valence-electron chi connectivity index (χ0n) is 17.7. The first-order valence-corrected chi connectivity index (χ1v) is 10.1. The highest BCUT2D eigenvalue weighted by Gasteiger charge is 2.28. The van der Waals surface area contributed by atoms with Gasteiger partial charge in [-0.2, -0.15) is 0 Å². The number of aryl methyl sites for hydroxylation is 1. The number of benzene rings is 2. The van der Waals surface area contributed by atoms with Gasteiger partial charge in [0.25, 0.3) is 0 Å². The van der Waals surface area contributed by atoms with Crippen molar-refractivity contribution in [1.82, 2.24) is 5.32 Å². The van der Waals surface area contributed by atoms with Crippen molar-refractivity contribution < 1.29 is 23.5 Å². The topological polar surface area (TPSA) is 94.8 Å². The maximum atomic E-state index is 12.8. The van der Waals surface area contributed by atoms with Crippen molar-refractivity contribution in [1.29, 1.82) is 0 Å². The Hall–Kier alpha value is -3.61. The summed E-state index contributed by atoms with van der Waals surface area (Å²) in [6.45, 7) is 5.65. The summed E-state index contributed by atoms with van der Waals surface area (Å²) in [6, 6.07) is 14.6. The van der Waals surface area contributed by atoms with E-state index >= 15 is 0 Å². The number of hydrogen-bond acceptors (Lipinski definition) is 6. The molecule has 1 aromatic heterocycles. The molecule has 3 rings (SSSR count). The Kier molecular flexibility index (Phi) is 7.07. The number of rotatable bonds is 7. The normalized spacial score (nSPS) is 12.7. The van der Waals surface area contributed by atoms with Crippen molar-refractivity contribution >= 4 is 23.0 Å². The third-order valence-electron chi connectivity index (χ3n) is 5.09. The van der Waals surface area contributed by atoms with Crippen LogP contribution in [0.4, 0.5) is 4.79 Å². The number of fused-ring (bicyclic) bond motifs is 1. The largest absolute Gasteiger partial charge is 0.445 e. The first-order chi connectivity index (χ1) is 14.9. The van der Waals surface area contributed by atoms with Crippen LogP contribution in [0.5, 0.6) is 5.75 Å². The molecule has 0 spiro atoms. The molecule has 0 aliphatic carbocycles. The Balaban J connectivity index is 1.70. The van der Waals surface area contributed by atoms with Crippen LogP contribution in [-0.4, -0.2) is 18.1 Å². The summed E-state index contributed by atoms with van der Waals surface area (Å²) in [5.41, 5.74) is 1.46. The lowest BCUT2D eigenvalue weighted by Gasteiger charge is -2.22. The third-order valence-corrected chi connectivity index (χ3v) is 5.09. The van der Waals surface area contributed by atoms with Gasteiger partial charge in [-0.25, -0.2) is 14.4 Å². The van der Waals surface area contributed by atoms with E-state index < -0.39 is 23.7 Å². The molecular weight excluding hydrogens is 398 g/mol. The van der Waals surface area contributed by atoms with Crippen LogP contribution in [0.2, 0.25) is 0 Å². The van der Waals surface area contributed by atoms with Crippen LogP contribution in [0.25, 0.3) is 11.0 Å². The van der Waals surface area contributed by atoms with Gasteiger partial charge in [-0.1, -0.05) is 50.6 Å². The lowest BCUT2D eigenvalue weighted by Crippen LogP contribution is -2.47. The first-order valence-electron chi connectivity index (χ1n) is 10.1. The van der Waals surface area contributed by atoms with Crippen LogP contribution in [0.3, 0.4) is 0 Å². The second-order valence-electron chi connectivity index (χ2n) is 7.40. The van der Waals surface area contributed by atoms with E-state index in [4.69, 9.17) is 13.9 Å². The molecule has 31 heavy (non-hydrogen) atoms. The highest BCUT2D eigenvalue weighted by Crippen LogP contribution is 2.23. The van der Waals surface area contributed by atoms with Gasteiger partial charge in [0.2, 0.25) is 0 Å². The summed E-state index contributed by atoms with van der Waals surface area (Å²) in [5, 5.41) is 3.35. The minimum Gasteiger partial charge on any atom is -0.445 e. The zero-order chi connectivity index (χ0) is 22.4. The lowest BCUT2D eigenvalue weighted by atomic mass is 9.99. The summed E-state index contributed by atoms with van der Waals surface area (Å²) in [6.07, 6.45) is -0.0592. The quantitative estimate of drug-likeness (QED) is 0.345. The number of esters is 1. The Labute approximate surface area is 180 Å². The molecule has 1 N–H and O–H groups in total. The van der Waals surface area contributed by atoms with Gasteiger partial charge in [-0.15, -0.1) is 0 Å². The number of amides is 1. The number of ether oxygens (including phenoxy) is 2. The van der Waals surface area contributed by atoms with Gasteiger partial charge in [0, 0.05) is 17.5 Å². The van der Waals surface area contributed by atoms with Crippen LogP contribution in [-0.2, 0) is 16.1 Å². The maximum Gasteiger partial charge on any atom is 0.408 e. The van der Waals surface area contributed by atoms with Gasteiger partial charge in [-0.3, -0.25) is 0 Å². The molecule has 1 heterocycles. The SMILES string of the molecule is CC[C@@H](C)[C@@H](NC(=O)OCc1ccccc1)C(=O)Oc1ccc2c(C)cc(=O)oc2c1. The molecule has 0 aliphatic rings. The number of nitrogens with one attached hydrogen (secondary N) is 1. The average molecular weight is 423 g/mol. The molecule has 0 saturated carbocycles. The smallest absolute Gasteiger partial charge is 0.408 e. The summed E-state index contributed by atoms with van der Waals surface area (Å²) < 4.78 is 15.9. The van der Waals surface area contributed by atoms with E-state index in [1.54, 1.807) is 19.1 Å². The van der Waals surface area contributed by atoms with E-state index in [0.717, 1.165) is 16.5 Å². The van der Waals surface area contributed by atoms with E-state index in [9.17, 15) is 14.4 Å². The number of alkyl carbamates (subject to hydrolysis) is 1. The second kappa shape index (κ2) is 9.93. The summed E-state index contributed by atoms with van der Waals surface area (Å²) in [7, 11) is 0. The van der Waals surface area contributed by atoms with Crippen LogP contribution < -0.4 is 15.7 Å². The molecule has 2 aromatic carbocycles. The van der Waals surface area contributed by atoms with Gasteiger partial charge in [-0.05, 0) is 36.1 Å². The number of carbonyl (C=O) groups excluding carboxylic acids is 2. The molecule has 7 heteroatoms. The van der Waals surface area contributed by atoms with Crippen molar-refractivity contribution in [2.24, 2.45) is 5.92 Å². The van der Waals surface area contributed by atoms with Crippen molar-refractivity contribution in [3.8, 4) is 5.75 Å². The van der Waals surface area contributed by atoms with Gasteiger partial charge < -0.3 is 19.2 Å². The fourth-order valence-corrected chi connectivity index (χ4v) is 3.11. The molecular formula is C24H25NO6. The van der Waals surface area contributed by atoms with Crippen LogP contribution in [0, 0.1) is 12.8 Å². The molecule has 162 valence electrons. The van der Waals surface area contributed by atoms with E-state index in [0.29, 0.717) is 12.0 Å². The van der Waals surface area contributed by atoms with E-state index in [1.807, 2.05) is 44.2 Å². The minimum atomic E-state index is -0.895. The van der Waals surface area contributed by atoms with Crippen LogP contribution >= 0.6 is 0 Å². The van der Waals surface area contributed by atoms with Crippen molar-refractivity contribution in [2.45, 2.75) is 39.8 Å². The molecule has 0 radical (unpaired) electrons. The van der Waals surface area contributed by atoms with Gasteiger partial charge in [0.15, 0.2) is 0 Å². The highest BCUT2D eigenvalue weighted by atomic mass is 16.6. The average Bonchev–Trinajstić information content (AvgIpc) is 2.75. The Morgan fingerprint density at radius 3 is 2.55 bits per heavy atom.